The van der Waals surface area contributed by atoms with Gasteiger partial charge in [0.15, 0.2) is 17.3 Å². The quantitative estimate of drug-likeness (QED) is 0.364. The molecule has 5 rings (SSSR count). The zero-order valence-corrected chi connectivity index (χ0v) is 23.2. The van der Waals surface area contributed by atoms with Crippen molar-refractivity contribution < 1.29 is 19.1 Å². The van der Waals surface area contributed by atoms with Crippen molar-refractivity contribution in [3.8, 4) is 11.5 Å². The highest BCUT2D eigenvalue weighted by atomic mass is 35.5. The molecule has 6 nitrogen and oxygen atoms in total. The molecular weight excluding hydrogens is 512 g/mol. The van der Waals surface area contributed by atoms with Gasteiger partial charge in [0, 0.05) is 45.6 Å². The van der Waals surface area contributed by atoms with Crippen molar-refractivity contribution in [1.82, 2.24) is 5.32 Å². The Morgan fingerprint density at radius 3 is 2.23 bits per heavy atom. The minimum Gasteiger partial charge on any atom is -0.493 e. The maximum absolute atomic E-state index is 13.9. The standard InChI is InChI=1S/C32H31ClN2O4/c1-18-5-12-24(13-6-18)35-32(37)29-19(2)34-25-15-22(21-9-14-27(38-3)28(17-21)39-4)16-26(36)31(25)30(29)20-7-10-23(33)11-8-20/h5-14,17,22,30,34H,15-16H2,1-4H3,(H,35,37)/t22-,30-/m0/s1. The van der Waals surface area contributed by atoms with Crippen molar-refractivity contribution in [2.45, 2.75) is 38.5 Å². The Balaban J connectivity index is 1.53. The lowest BCUT2D eigenvalue weighted by molar-refractivity contribution is -0.116. The van der Waals surface area contributed by atoms with E-state index in [0.717, 1.165) is 28.1 Å². The van der Waals surface area contributed by atoms with Crippen LogP contribution in [0.4, 0.5) is 5.69 Å². The van der Waals surface area contributed by atoms with Crippen molar-refractivity contribution in [3.63, 3.8) is 0 Å². The largest absolute Gasteiger partial charge is 0.493 e. The molecule has 0 saturated carbocycles. The second-order valence-corrected chi connectivity index (χ2v) is 10.4. The summed E-state index contributed by atoms with van der Waals surface area (Å²) in [5, 5.41) is 7.05. The molecule has 1 heterocycles. The summed E-state index contributed by atoms with van der Waals surface area (Å²) < 4.78 is 10.9. The van der Waals surface area contributed by atoms with E-state index < -0.39 is 5.92 Å². The number of methoxy groups -OCH3 is 2. The van der Waals surface area contributed by atoms with Gasteiger partial charge >= 0.3 is 0 Å². The number of ketones is 1. The minimum absolute atomic E-state index is 0.0108. The number of carbonyl (C=O) groups is 2. The number of aryl methyl sites for hydroxylation is 1. The van der Waals surface area contributed by atoms with Crippen LogP contribution in [0.1, 0.15) is 48.3 Å². The first-order valence-corrected chi connectivity index (χ1v) is 13.3. The van der Waals surface area contributed by atoms with Crippen LogP contribution in [0.3, 0.4) is 0 Å². The van der Waals surface area contributed by atoms with Gasteiger partial charge in [0.25, 0.3) is 5.91 Å². The fourth-order valence-corrected chi connectivity index (χ4v) is 5.63. The number of carbonyl (C=O) groups excluding carboxylic acids is 2. The molecule has 7 heteroatoms. The molecule has 0 fully saturated rings. The van der Waals surface area contributed by atoms with Gasteiger partial charge < -0.3 is 20.1 Å². The van der Waals surface area contributed by atoms with E-state index in [0.29, 0.717) is 46.2 Å². The average molecular weight is 543 g/mol. The summed E-state index contributed by atoms with van der Waals surface area (Å²) in [6, 6.07) is 20.8. The highest BCUT2D eigenvalue weighted by Gasteiger charge is 2.41. The van der Waals surface area contributed by atoms with Crippen molar-refractivity contribution in [3.05, 3.63) is 111 Å². The molecule has 2 aliphatic rings. The number of allylic oxidation sites excluding steroid dienone is 3. The lowest BCUT2D eigenvalue weighted by Crippen LogP contribution is -2.37. The normalized spacial score (nSPS) is 18.8. The topological polar surface area (TPSA) is 76.7 Å². The lowest BCUT2D eigenvalue weighted by atomic mass is 9.71. The third-order valence-corrected chi connectivity index (χ3v) is 7.72. The number of nitrogens with one attached hydrogen (secondary N) is 2. The molecule has 1 aliphatic carbocycles. The predicted molar refractivity (Wildman–Crippen MR) is 153 cm³/mol. The van der Waals surface area contributed by atoms with Gasteiger partial charge in [0.2, 0.25) is 0 Å². The van der Waals surface area contributed by atoms with Gasteiger partial charge in [-0.1, -0.05) is 47.5 Å². The van der Waals surface area contributed by atoms with Crippen LogP contribution < -0.4 is 20.1 Å². The van der Waals surface area contributed by atoms with E-state index in [9.17, 15) is 9.59 Å². The van der Waals surface area contributed by atoms with Crippen LogP contribution in [0.25, 0.3) is 0 Å². The third kappa shape index (κ3) is 5.30. The van der Waals surface area contributed by atoms with Crippen LogP contribution in [0.15, 0.2) is 89.3 Å². The monoisotopic (exact) mass is 542 g/mol. The Hall–Kier alpha value is -4.03. The molecule has 0 unspecified atom stereocenters. The first-order valence-electron chi connectivity index (χ1n) is 12.9. The smallest absolute Gasteiger partial charge is 0.254 e. The average Bonchev–Trinajstić information content (AvgIpc) is 2.93. The van der Waals surface area contributed by atoms with Gasteiger partial charge in [0.1, 0.15) is 0 Å². The Labute approximate surface area is 233 Å². The van der Waals surface area contributed by atoms with Crippen molar-refractivity contribution >= 4 is 29.0 Å². The maximum atomic E-state index is 13.9. The van der Waals surface area contributed by atoms with Gasteiger partial charge in [0.05, 0.1) is 14.2 Å². The molecule has 1 amide bonds. The number of amides is 1. The molecule has 0 radical (unpaired) electrons. The second kappa shape index (κ2) is 11.0. The van der Waals surface area contributed by atoms with Crippen molar-refractivity contribution in [2.75, 3.05) is 19.5 Å². The van der Waals surface area contributed by atoms with E-state index in [1.807, 2.05) is 68.4 Å². The molecule has 0 bridgehead atoms. The van der Waals surface area contributed by atoms with Crippen molar-refractivity contribution in [1.29, 1.82) is 0 Å². The molecule has 2 N–H and O–H groups in total. The molecule has 0 spiro atoms. The minimum atomic E-state index is -0.511. The van der Waals surface area contributed by atoms with Crippen LogP contribution in [-0.4, -0.2) is 25.9 Å². The first-order chi connectivity index (χ1) is 18.8. The number of rotatable bonds is 6. The highest BCUT2D eigenvalue weighted by molar-refractivity contribution is 6.30. The fraction of sp³-hybridized carbons (Fsp3) is 0.250. The summed E-state index contributed by atoms with van der Waals surface area (Å²) in [6.45, 7) is 3.89. The third-order valence-electron chi connectivity index (χ3n) is 7.46. The number of anilines is 1. The summed E-state index contributed by atoms with van der Waals surface area (Å²) in [7, 11) is 3.20. The van der Waals surface area contributed by atoms with E-state index in [-0.39, 0.29) is 17.6 Å². The lowest BCUT2D eigenvalue weighted by Gasteiger charge is -2.37. The summed E-state index contributed by atoms with van der Waals surface area (Å²) in [5.41, 5.74) is 6.37. The summed E-state index contributed by atoms with van der Waals surface area (Å²) in [6.07, 6.45) is 0.955. The van der Waals surface area contributed by atoms with Crippen LogP contribution in [-0.2, 0) is 9.59 Å². The Morgan fingerprint density at radius 2 is 1.56 bits per heavy atom. The predicted octanol–water partition coefficient (Wildman–Crippen LogP) is 6.67. The molecule has 3 aromatic rings. The van der Waals surface area contributed by atoms with Crippen LogP contribution in [0.5, 0.6) is 11.5 Å². The van der Waals surface area contributed by atoms with E-state index in [4.69, 9.17) is 21.1 Å². The molecule has 3 aromatic carbocycles. The molecule has 39 heavy (non-hydrogen) atoms. The van der Waals surface area contributed by atoms with Crippen LogP contribution in [0, 0.1) is 6.92 Å². The van der Waals surface area contributed by atoms with E-state index in [1.54, 1.807) is 26.4 Å². The summed E-state index contributed by atoms with van der Waals surface area (Å²) in [5.74, 6) is 0.490. The van der Waals surface area contributed by atoms with Gasteiger partial charge in [-0.3, -0.25) is 9.59 Å². The van der Waals surface area contributed by atoms with E-state index in [2.05, 4.69) is 10.6 Å². The molecule has 0 aromatic heterocycles. The number of ether oxygens (including phenoxy) is 2. The summed E-state index contributed by atoms with van der Waals surface area (Å²) >= 11 is 6.20. The number of hydrogen-bond donors (Lipinski definition) is 2. The number of benzene rings is 3. The second-order valence-electron chi connectivity index (χ2n) is 10.0. The molecule has 0 saturated heterocycles. The highest BCUT2D eigenvalue weighted by Crippen LogP contribution is 2.46. The van der Waals surface area contributed by atoms with Crippen molar-refractivity contribution in [2.24, 2.45) is 0 Å². The molecule has 2 atom stereocenters. The van der Waals surface area contributed by atoms with E-state index >= 15 is 0 Å². The van der Waals surface area contributed by atoms with E-state index in [1.165, 1.54) is 0 Å². The Kier molecular flexibility index (Phi) is 7.49. The number of dihydropyridines is 1. The number of halogens is 1. The van der Waals surface area contributed by atoms with Crippen LogP contribution in [0.2, 0.25) is 5.02 Å². The molecule has 200 valence electrons. The Bertz CT molecular complexity index is 1490. The Morgan fingerprint density at radius 1 is 0.897 bits per heavy atom. The molecular formula is C32H31ClN2O4. The number of hydrogen-bond acceptors (Lipinski definition) is 5. The number of Topliss-reactive ketones (excluding diaryl/α,β-unsaturated/α-hetero) is 1. The van der Waals surface area contributed by atoms with Gasteiger partial charge in [-0.15, -0.1) is 0 Å². The van der Waals surface area contributed by atoms with Gasteiger partial charge in [-0.25, -0.2) is 0 Å². The van der Waals surface area contributed by atoms with Gasteiger partial charge in [-0.05, 0) is 73.7 Å². The maximum Gasteiger partial charge on any atom is 0.254 e. The first kappa shape index (κ1) is 26.6. The van der Waals surface area contributed by atoms with Gasteiger partial charge in [-0.2, -0.15) is 0 Å². The summed E-state index contributed by atoms with van der Waals surface area (Å²) in [4.78, 5) is 27.6. The zero-order chi connectivity index (χ0) is 27.7. The zero-order valence-electron chi connectivity index (χ0n) is 22.4. The fourth-order valence-electron chi connectivity index (χ4n) is 5.51. The van der Waals surface area contributed by atoms with Crippen LogP contribution >= 0.6 is 11.6 Å². The SMILES string of the molecule is COc1ccc([C@@H]2CC(=O)C3=C(C2)NC(C)=C(C(=O)Nc2ccc(C)cc2)[C@@H]3c2ccc(Cl)cc2)cc1OC. The molecule has 1 aliphatic heterocycles.